The van der Waals surface area contributed by atoms with Crippen molar-refractivity contribution in [3.63, 3.8) is 0 Å². The zero-order chi connectivity index (χ0) is 13.8. The first-order valence-electron chi connectivity index (χ1n) is 5.71. The van der Waals surface area contributed by atoms with Gasteiger partial charge in [-0.3, -0.25) is 0 Å². The predicted octanol–water partition coefficient (Wildman–Crippen LogP) is 1.27. The number of hydrogen-bond acceptors (Lipinski definition) is 6. The van der Waals surface area contributed by atoms with Crippen molar-refractivity contribution in [2.24, 2.45) is 5.73 Å². The molecular formula is C12H14FN3O3. The number of rotatable bonds is 5. The molecule has 0 bridgehead atoms. The van der Waals surface area contributed by atoms with Gasteiger partial charge in [-0.2, -0.15) is 4.98 Å². The molecular weight excluding hydrogens is 253 g/mol. The van der Waals surface area contributed by atoms with E-state index in [1.807, 2.05) is 0 Å². The lowest BCUT2D eigenvalue weighted by atomic mass is 10.2. The van der Waals surface area contributed by atoms with E-state index in [0.717, 1.165) is 0 Å². The summed E-state index contributed by atoms with van der Waals surface area (Å²) in [5.74, 6) is -0.0439. The van der Waals surface area contributed by atoms with Gasteiger partial charge in [-0.1, -0.05) is 5.16 Å². The third kappa shape index (κ3) is 2.88. The van der Waals surface area contributed by atoms with E-state index in [1.54, 1.807) is 0 Å². The summed E-state index contributed by atoms with van der Waals surface area (Å²) in [7, 11) is 1.37. The molecule has 1 heterocycles. The van der Waals surface area contributed by atoms with E-state index in [2.05, 4.69) is 10.1 Å². The molecule has 0 aliphatic heterocycles. The highest BCUT2D eigenvalue weighted by Crippen LogP contribution is 2.25. The smallest absolute Gasteiger partial charge is 0.255 e. The van der Waals surface area contributed by atoms with E-state index in [-0.39, 0.29) is 17.5 Å². The van der Waals surface area contributed by atoms with Gasteiger partial charge in [0.1, 0.15) is 6.10 Å². The molecule has 0 saturated heterocycles. The van der Waals surface area contributed by atoms with Crippen molar-refractivity contribution >= 4 is 0 Å². The first kappa shape index (κ1) is 13.4. The number of nitrogens with zero attached hydrogens (tertiary/aromatic N) is 2. The zero-order valence-corrected chi connectivity index (χ0v) is 10.3. The molecule has 102 valence electrons. The SMILES string of the molecule is COc1cc(-c2noc([C@@H](O)CCN)n2)ccc1F. The van der Waals surface area contributed by atoms with E-state index in [0.29, 0.717) is 18.5 Å². The van der Waals surface area contributed by atoms with Gasteiger partial charge in [0.05, 0.1) is 7.11 Å². The zero-order valence-electron chi connectivity index (χ0n) is 10.3. The number of halogens is 1. The minimum atomic E-state index is -0.895. The van der Waals surface area contributed by atoms with Gasteiger partial charge in [0.15, 0.2) is 11.6 Å². The first-order chi connectivity index (χ1) is 9.15. The minimum absolute atomic E-state index is 0.0868. The summed E-state index contributed by atoms with van der Waals surface area (Å²) in [5.41, 5.74) is 5.87. The van der Waals surface area contributed by atoms with Crippen molar-refractivity contribution in [3.8, 4) is 17.1 Å². The second kappa shape index (κ2) is 5.77. The molecule has 0 unspecified atom stereocenters. The van der Waals surface area contributed by atoms with Crippen molar-refractivity contribution in [3.05, 3.63) is 29.9 Å². The van der Waals surface area contributed by atoms with Crippen LogP contribution in [-0.4, -0.2) is 28.9 Å². The summed E-state index contributed by atoms with van der Waals surface area (Å²) >= 11 is 0. The molecule has 3 N–H and O–H groups in total. The minimum Gasteiger partial charge on any atom is -0.494 e. The van der Waals surface area contributed by atoms with Gasteiger partial charge in [0.25, 0.3) is 5.89 Å². The van der Waals surface area contributed by atoms with E-state index in [9.17, 15) is 9.50 Å². The molecule has 2 aromatic rings. The van der Waals surface area contributed by atoms with Crippen molar-refractivity contribution in [1.82, 2.24) is 10.1 Å². The van der Waals surface area contributed by atoms with Crippen molar-refractivity contribution in [1.29, 1.82) is 0 Å². The number of methoxy groups -OCH3 is 1. The lowest BCUT2D eigenvalue weighted by Crippen LogP contribution is -2.06. The normalized spacial score (nSPS) is 12.4. The molecule has 1 aromatic carbocycles. The predicted molar refractivity (Wildman–Crippen MR) is 64.9 cm³/mol. The van der Waals surface area contributed by atoms with Gasteiger partial charge in [-0.05, 0) is 31.2 Å². The van der Waals surface area contributed by atoms with E-state index >= 15 is 0 Å². The number of benzene rings is 1. The molecule has 2 rings (SSSR count). The third-order valence-electron chi connectivity index (χ3n) is 2.58. The fourth-order valence-corrected chi connectivity index (χ4v) is 1.57. The second-order valence-corrected chi connectivity index (χ2v) is 3.90. The number of hydrogen-bond donors (Lipinski definition) is 2. The Hall–Kier alpha value is -1.99. The maximum absolute atomic E-state index is 13.3. The van der Waals surface area contributed by atoms with Crippen LogP contribution in [0.3, 0.4) is 0 Å². The Bertz CT molecular complexity index is 559. The fourth-order valence-electron chi connectivity index (χ4n) is 1.57. The number of aliphatic hydroxyl groups is 1. The monoisotopic (exact) mass is 267 g/mol. The van der Waals surface area contributed by atoms with Crippen LogP contribution in [0.4, 0.5) is 4.39 Å². The molecule has 0 radical (unpaired) electrons. The van der Waals surface area contributed by atoms with E-state index < -0.39 is 11.9 Å². The van der Waals surface area contributed by atoms with Crippen LogP contribution in [0.15, 0.2) is 22.7 Å². The van der Waals surface area contributed by atoms with Gasteiger partial charge < -0.3 is 20.1 Å². The quantitative estimate of drug-likeness (QED) is 0.847. The van der Waals surface area contributed by atoms with E-state index in [4.69, 9.17) is 15.0 Å². The summed E-state index contributed by atoms with van der Waals surface area (Å²) < 4.78 is 23.1. The van der Waals surface area contributed by atoms with Gasteiger partial charge >= 0.3 is 0 Å². The van der Waals surface area contributed by atoms with Crippen molar-refractivity contribution < 1.29 is 18.8 Å². The van der Waals surface area contributed by atoms with Gasteiger partial charge in [0, 0.05) is 5.56 Å². The lowest BCUT2D eigenvalue weighted by molar-refractivity contribution is 0.127. The number of aliphatic hydroxyl groups excluding tert-OH is 1. The third-order valence-corrected chi connectivity index (χ3v) is 2.58. The Morgan fingerprint density at radius 3 is 3.00 bits per heavy atom. The Labute approximate surface area is 109 Å². The molecule has 1 atom stereocenters. The van der Waals surface area contributed by atoms with Gasteiger partial charge in [0.2, 0.25) is 5.82 Å². The maximum Gasteiger partial charge on any atom is 0.255 e. The molecule has 1 aromatic heterocycles. The van der Waals surface area contributed by atoms with Crippen LogP contribution in [0.2, 0.25) is 0 Å². The standard InChI is InChI=1S/C12H14FN3O3/c1-18-10-6-7(2-3-8(10)13)11-15-12(19-16-11)9(17)4-5-14/h2-3,6,9,17H,4-5,14H2,1H3/t9-/m0/s1. The summed E-state index contributed by atoms with van der Waals surface area (Å²) in [6.07, 6.45) is -0.567. The van der Waals surface area contributed by atoms with Crippen molar-refractivity contribution in [2.75, 3.05) is 13.7 Å². The first-order valence-corrected chi connectivity index (χ1v) is 5.71. The van der Waals surface area contributed by atoms with Crippen LogP contribution in [0.25, 0.3) is 11.4 Å². The second-order valence-electron chi connectivity index (χ2n) is 3.90. The van der Waals surface area contributed by atoms with Crippen LogP contribution in [0.5, 0.6) is 5.75 Å². The van der Waals surface area contributed by atoms with Crippen LogP contribution >= 0.6 is 0 Å². The van der Waals surface area contributed by atoms with Crippen LogP contribution in [0, 0.1) is 5.82 Å². The summed E-state index contributed by atoms with van der Waals surface area (Å²) in [6, 6.07) is 4.21. The van der Waals surface area contributed by atoms with Crippen molar-refractivity contribution in [2.45, 2.75) is 12.5 Å². The molecule has 19 heavy (non-hydrogen) atoms. The number of aromatic nitrogens is 2. The molecule has 0 amide bonds. The topological polar surface area (TPSA) is 94.4 Å². The molecule has 0 spiro atoms. The molecule has 0 aliphatic rings. The molecule has 6 nitrogen and oxygen atoms in total. The van der Waals surface area contributed by atoms with Gasteiger partial charge in [-0.15, -0.1) is 0 Å². The largest absolute Gasteiger partial charge is 0.494 e. The summed E-state index contributed by atoms with van der Waals surface area (Å²) in [6.45, 7) is 0.309. The molecule has 7 heteroatoms. The van der Waals surface area contributed by atoms with E-state index in [1.165, 1.54) is 25.3 Å². The molecule has 0 aliphatic carbocycles. The Morgan fingerprint density at radius 1 is 1.53 bits per heavy atom. The highest BCUT2D eigenvalue weighted by atomic mass is 19.1. The highest BCUT2D eigenvalue weighted by molar-refractivity contribution is 5.57. The summed E-state index contributed by atoms with van der Waals surface area (Å²) in [4.78, 5) is 4.04. The Kier molecular flexibility index (Phi) is 4.08. The van der Waals surface area contributed by atoms with Crippen LogP contribution in [-0.2, 0) is 0 Å². The average molecular weight is 267 g/mol. The van der Waals surface area contributed by atoms with Crippen LogP contribution in [0.1, 0.15) is 18.4 Å². The molecule has 0 fully saturated rings. The summed E-state index contributed by atoms with van der Waals surface area (Å²) in [5, 5.41) is 13.4. The Morgan fingerprint density at radius 2 is 2.32 bits per heavy atom. The number of ether oxygens (including phenoxy) is 1. The van der Waals surface area contributed by atoms with Crippen LogP contribution < -0.4 is 10.5 Å². The van der Waals surface area contributed by atoms with Gasteiger partial charge in [-0.25, -0.2) is 4.39 Å². The highest BCUT2D eigenvalue weighted by Gasteiger charge is 2.17. The lowest BCUT2D eigenvalue weighted by Gasteiger charge is -2.02. The number of nitrogens with two attached hydrogens (primary N) is 1. The molecule has 0 saturated carbocycles. The Balaban J connectivity index is 2.27. The average Bonchev–Trinajstić information content (AvgIpc) is 2.89. The maximum atomic E-state index is 13.3. The fraction of sp³-hybridized carbons (Fsp3) is 0.333.